The SMILES string of the molecule is Cn1cc(N2CCCC(Oc3ccc4c(c3)CCC4=O)C2=O)cn1. The number of ether oxygens (including phenoxy) is 1. The standard InChI is InChI=1S/C18H19N3O3/c1-20-11-13(10-19-20)21-8-2-3-17(18(21)23)24-14-5-6-15-12(9-14)4-7-16(15)22/h5-6,9-11,17H,2-4,7-8H2,1H3. The number of anilines is 1. The van der Waals surface area contributed by atoms with E-state index in [0.29, 0.717) is 25.1 Å². The number of aryl methyl sites for hydroxylation is 2. The normalized spacial score (nSPS) is 20.4. The predicted octanol–water partition coefficient (Wildman–Crippen LogP) is 2.12. The number of Topliss-reactive ketones (excluding diaryl/α,β-unsaturated/α-hetero) is 1. The van der Waals surface area contributed by atoms with E-state index < -0.39 is 6.10 Å². The Kier molecular flexibility index (Phi) is 3.59. The highest BCUT2D eigenvalue weighted by atomic mass is 16.5. The quantitative estimate of drug-likeness (QED) is 0.867. The Balaban J connectivity index is 1.52. The van der Waals surface area contributed by atoms with Gasteiger partial charge in [0.2, 0.25) is 0 Å². The first-order valence-electron chi connectivity index (χ1n) is 8.24. The summed E-state index contributed by atoms with van der Waals surface area (Å²) in [6.45, 7) is 0.684. The number of hydrogen-bond donors (Lipinski definition) is 0. The Morgan fingerprint density at radius 2 is 2.12 bits per heavy atom. The molecule has 6 nitrogen and oxygen atoms in total. The highest BCUT2D eigenvalue weighted by molar-refractivity contribution is 6.00. The van der Waals surface area contributed by atoms with Gasteiger partial charge in [-0.1, -0.05) is 0 Å². The number of aromatic nitrogens is 2. The van der Waals surface area contributed by atoms with E-state index in [4.69, 9.17) is 4.74 Å². The zero-order chi connectivity index (χ0) is 16.7. The summed E-state index contributed by atoms with van der Waals surface area (Å²) in [4.78, 5) is 26.2. The number of carbonyl (C=O) groups is 2. The fourth-order valence-corrected chi connectivity index (χ4v) is 3.43. The van der Waals surface area contributed by atoms with Crippen LogP contribution in [0.5, 0.6) is 5.75 Å². The number of ketones is 1. The molecule has 0 spiro atoms. The lowest BCUT2D eigenvalue weighted by Gasteiger charge is -2.31. The van der Waals surface area contributed by atoms with Crippen molar-refractivity contribution in [2.24, 2.45) is 7.05 Å². The van der Waals surface area contributed by atoms with Gasteiger partial charge in [-0.05, 0) is 43.0 Å². The van der Waals surface area contributed by atoms with Crippen molar-refractivity contribution in [3.05, 3.63) is 41.7 Å². The number of rotatable bonds is 3. The van der Waals surface area contributed by atoms with Crippen LogP contribution in [0.1, 0.15) is 35.2 Å². The molecule has 2 heterocycles. The van der Waals surface area contributed by atoms with Crippen molar-refractivity contribution in [3.8, 4) is 5.75 Å². The number of carbonyl (C=O) groups excluding carboxylic acids is 2. The fraction of sp³-hybridized carbons (Fsp3) is 0.389. The van der Waals surface area contributed by atoms with E-state index in [1.54, 1.807) is 21.8 Å². The van der Waals surface area contributed by atoms with Gasteiger partial charge < -0.3 is 9.64 Å². The third kappa shape index (κ3) is 2.58. The van der Waals surface area contributed by atoms with Crippen LogP contribution in [0, 0.1) is 0 Å². The summed E-state index contributed by atoms with van der Waals surface area (Å²) in [7, 11) is 1.83. The molecule has 4 rings (SSSR count). The molecule has 2 aromatic rings. The second-order valence-electron chi connectivity index (χ2n) is 6.35. The molecule has 0 radical (unpaired) electrons. The van der Waals surface area contributed by atoms with Gasteiger partial charge in [-0.2, -0.15) is 5.10 Å². The number of hydrogen-bond acceptors (Lipinski definition) is 4. The smallest absolute Gasteiger partial charge is 0.268 e. The van der Waals surface area contributed by atoms with Gasteiger partial charge >= 0.3 is 0 Å². The van der Waals surface area contributed by atoms with Crippen molar-refractivity contribution < 1.29 is 14.3 Å². The van der Waals surface area contributed by atoms with Gasteiger partial charge in [-0.15, -0.1) is 0 Å². The largest absolute Gasteiger partial charge is 0.481 e. The maximum Gasteiger partial charge on any atom is 0.268 e. The summed E-state index contributed by atoms with van der Waals surface area (Å²) < 4.78 is 7.64. The average Bonchev–Trinajstić information content (AvgIpc) is 3.16. The number of amides is 1. The van der Waals surface area contributed by atoms with Gasteiger partial charge in [0, 0.05) is 31.8 Å². The highest BCUT2D eigenvalue weighted by Crippen LogP contribution is 2.28. The summed E-state index contributed by atoms with van der Waals surface area (Å²) in [6, 6.07) is 5.50. The zero-order valence-electron chi connectivity index (χ0n) is 13.6. The van der Waals surface area contributed by atoms with Crippen LogP contribution >= 0.6 is 0 Å². The zero-order valence-corrected chi connectivity index (χ0v) is 13.6. The summed E-state index contributed by atoms with van der Waals surface area (Å²) in [6.07, 6.45) is 5.94. The maximum absolute atomic E-state index is 12.7. The Morgan fingerprint density at radius 3 is 2.92 bits per heavy atom. The van der Waals surface area contributed by atoms with E-state index in [1.165, 1.54) is 0 Å². The monoisotopic (exact) mass is 325 g/mol. The van der Waals surface area contributed by atoms with Gasteiger partial charge in [0.25, 0.3) is 5.91 Å². The second-order valence-corrected chi connectivity index (χ2v) is 6.35. The molecule has 1 aliphatic heterocycles. The maximum atomic E-state index is 12.7. The van der Waals surface area contributed by atoms with Crippen molar-refractivity contribution in [1.29, 1.82) is 0 Å². The molecule has 1 amide bonds. The van der Waals surface area contributed by atoms with Crippen LogP contribution in [-0.2, 0) is 18.3 Å². The van der Waals surface area contributed by atoms with E-state index in [0.717, 1.165) is 29.7 Å². The molecular weight excluding hydrogens is 306 g/mol. The molecule has 0 N–H and O–H groups in total. The van der Waals surface area contributed by atoms with Gasteiger partial charge in [0.05, 0.1) is 11.9 Å². The third-order valence-electron chi connectivity index (χ3n) is 4.67. The lowest BCUT2D eigenvalue weighted by atomic mass is 10.1. The molecule has 1 atom stereocenters. The van der Waals surface area contributed by atoms with Gasteiger partial charge in [0.1, 0.15) is 5.75 Å². The summed E-state index contributed by atoms with van der Waals surface area (Å²) in [5.41, 5.74) is 2.61. The minimum atomic E-state index is -0.492. The summed E-state index contributed by atoms with van der Waals surface area (Å²) in [5.74, 6) is 0.814. The van der Waals surface area contributed by atoms with Crippen molar-refractivity contribution >= 4 is 17.4 Å². The molecule has 1 aromatic heterocycles. The van der Waals surface area contributed by atoms with Crippen LogP contribution in [0.15, 0.2) is 30.6 Å². The minimum Gasteiger partial charge on any atom is -0.481 e. The van der Waals surface area contributed by atoms with Gasteiger partial charge in [0.15, 0.2) is 11.9 Å². The van der Waals surface area contributed by atoms with Crippen molar-refractivity contribution in [2.75, 3.05) is 11.4 Å². The van der Waals surface area contributed by atoms with E-state index in [9.17, 15) is 9.59 Å². The lowest BCUT2D eigenvalue weighted by Crippen LogP contribution is -2.46. The molecule has 0 bridgehead atoms. The Morgan fingerprint density at radius 1 is 1.25 bits per heavy atom. The first kappa shape index (κ1) is 14.9. The van der Waals surface area contributed by atoms with Crippen molar-refractivity contribution in [1.82, 2.24) is 9.78 Å². The molecular formula is C18H19N3O3. The van der Waals surface area contributed by atoms with Crippen molar-refractivity contribution in [3.63, 3.8) is 0 Å². The summed E-state index contributed by atoms with van der Waals surface area (Å²) >= 11 is 0. The Bertz CT molecular complexity index is 812. The fourth-order valence-electron chi connectivity index (χ4n) is 3.43. The second kappa shape index (κ2) is 5.78. The molecule has 6 heteroatoms. The molecule has 24 heavy (non-hydrogen) atoms. The van der Waals surface area contributed by atoms with Crippen LogP contribution in [0.4, 0.5) is 5.69 Å². The number of piperidine rings is 1. The molecule has 1 fully saturated rings. The van der Waals surface area contributed by atoms with E-state index in [1.807, 2.05) is 25.4 Å². The minimum absolute atomic E-state index is 0.0363. The molecule has 0 saturated carbocycles. The first-order chi connectivity index (χ1) is 11.6. The number of benzene rings is 1. The molecule has 124 valence electrons. The highest BCUT2D eigenvalue weighted by Gasteiger charge is 2.32. The van der Waals surface area contributed by atoms with E-state index >= 15 is 0 Å². The van der Waals surface area contributed by atoms with Crippen LogP contribution in [0.3, 0.4) is 0 Å². The van der Waals surface area contributed by atoms with Crippen LogP contribution in [-0.4, -0.2) is 34.1 Å². The Labute approximate surface area is 140 Å². The van der Waals surface area contributed by atoms with Crippen LogP contribution in [0.2, 0.25) is 0 Å². The third-order valence-corrected chi connectivity index (χ3v) is 4.67. The summed E-state index contributed by atoms with van der Waals surface area (Å²) in [5, 5.41) is 4.13. The van der Waals surface area contributed by atoms with Gasteiger partial charge in [-0.25, -0.2) is 0 Å². The molecule has 1 aromatic carbocycles. The Hall–Kier alpha value is -2.63. The van der Waals surface area contributed by atoms with Crippen LogP contribution < -0.4 is 9.64 Å². The van der Waals surface area contributed by atoms with Crippen molar-refractivity contribution in [2.45, 2.75) is 31.8 Å². The first-order valence-corrected chi connectivity index (χ1v) is 8.24. The van der Waals surface area contributed by atoms with E-state index in [2.05, 4.69) is 5.10 Å². The molecule has 1 saturated heterocycles. The topological polar surface area (TPSA) is 64.4 Å². The lowest BCUT2D eigenvalue weighted by molar-refractivity contribution is -0.126. The number of fused-ring (bicyclic) bond motifs is 1. The molecule has 1 aliphatic carbocycles. The van der Waals surface area contributed by atoms with Gasteiger partial charge in [-0.3, -0.25) is 14.3 Å². The molecule has 2 aliphatic rings. The van der Waals surface area contributed by atoms with E-state index in [-0.39, 0.29) is 11.7 Å². The number of nitrogens with zero attached hydrogens (tertiary/aromatic N) is 3. The average molecular weight is 325 g/mol. The van der Waals surface area contributed by atoms with Crippen LogP contribution in [0.25, 0.3) is 0 Å². The molecule has 1 unspecified atom stereocenters. The predicted molar refractivity (Wildman–Crippen MR) is 88.3 cm³/mol.